The third kappa shape index (κ3) is 4.03. The van der Waals surface area contributed by atoms with Crippen LogP contribution in [0.25, 0.3) is 0 Å². The van der Waals surface area contributed by atoms with Crippen LogP contribution < -0.4 is 0 Å². The van der Waals surface area contributed by atoms with E-state index in [0.717, 1.165) is 22.7 Å². The SMILES string of the molecule is FC(F)(F)c1cc(I)ccc1Sc1ccc(Cl)cc1. The van der Waals surface area contributed by atoms with Crippen molar-refractivity contribution in [2.24, 2.45) is 0 Å². The molecule has 0 atom stereocenters. The van der Waals surface area contributed by atoms with Crippen LogP contribution in [0.2, 0.25) is 5.02 Å². The van der Waals surface area contributed by atoms with E-state index >= 15 is 0 Å². The van der Waals surface area contributed by atoms with Gasteiger partial charge in [0.2, 0.25) is 0 Å². The Hall–Kier alpha value is -0.400. The van der Waals surface area contributed by atoms with Gasteiger partial charge in [0.05, 0.1) is 5.56 Å². The summed E-state index contributed by atoms with van der Waals surface area (Å²) in [6.07, 6.45) is -4.35. The quantitative estimate of drug-likeness (QED) is 0.534. The first-order chi connectivity index (χ1) is 8.86. The van der Waals surface area contributed by atoms with Gasteiger partial charge in [-0.05, 0) is 65.1 Å². The number of benzene rings is 2. The molecule has 0 amide bonds. The Balaban J connectivity index is 2.37. The summed E-state index contributed by atoms with van der Waals surface area (Å²) in [5.74, 6) is 0. The van der Waals surface area contributed by atoms with Crippen LogP contribution in [-0.4, -0.2) is 0 Å². The second kappa shape index (κ2) is 5.93. The number of hydrogen-bond donors (Lipinski definition) is 0. The molecule has 0 unspecified atom stereocenters. The molecule has 0 aliphatic heterocycles. The Morgan fingerprint density at radius 3 is 2.21 bits per heavy atom. The standard InChI is InChI=1S/C13H7ClF3IS/c14-8-1-4-10(5-2-8)19-12-6-3-9(18)7-11(12)13(15,16)17/h1-7H. The van der Waals surface area contributed by atoms with E-state index in [9.17, 15) is 13.2 Å². The molecule has 6 heteroatoms. The van der Waals surface area contributed by atoms with Gasteiger partial charge in [0, 0.05) is 18.4 Å². The molecule has 0 saturated heterocycles. The summed E-state index contributed by atoms with van der Waals surface area (Å²) < 4.78 is 39.4. The van der Waals surface area contributed by atoms with Crippen LogP contribution in [0.4, 0.5) is 13.2 Å². The van der Waals surface area contributed by atoms with E-state index in [1.165, 1.54) is 6.07 Å². The molecule has 0 fully saturated rings. The number of rotatable bonds is 2. The first-order valence-corrected chi connectivity index (χ1v) is 7.44. The first kappa shape index (κ1) is 15.0. The smallest absolute Gasteiger partial charge is 0.166 e. The van der Waals surface area contributed by atoms with Gasteiger partial charge in [0.1, 0.15) is 0 Å². The van der Waals surface area contributed by atoms with Gasteiger partial charge in [-0.2, -0.15) is 13.2 Å². The van der Waals surface area contributed by atoms with Gasteiger partial charge < -0.3 is 0 Å². The van der Waals surface area contributed by atoms with E-state index in [4.69, 9.17) is 11.6 Å². The molecular weight excluding hydrogens is 408 g/mol. The first-order valence-electron chi connectivity index (χ1n) is 5.16. The second-order valence-corrected chi connectivity index (χ2v) is 6.49. The number of hydrogen-bond acceptors (Lipinski definition) is 1. The molecule has 0 aliphatic carbocycles. The zero-order valence-electron chi connectivity index (χ0n) is 9.34. The molecule has 0 aromatic heterocycles. The lowest BCUT2D eigenvalue weighted by Gasteiger charge is -2.12. The van der Waals surface area contributed by atoms with Gasteiger partial charge in [0.25, 0.3) is 0 Å². The minimum absolute atomic E-state index is 0.190. The van der Waals surface area contributed by atoms with Gasteiger partial charge in [0.15, 0.2) is 0 Å². The van der Waals surface area contributed by atoms with Crippen molar-refractivity contribution in [1.82, 2.24) is 0 Å². The van der Waals surface area contributed by atoms with Crippen LogP contribution in [-0.2, 0) is 6.18 Å². The summed E-state index contributed by atoms with van der Waals surface area (Å²) in [5.41, 5.74) is -0.612. The van der Waals surface area contributed by atoms with Crippen molar-refractivity contribution in [2.75, 3.05) is 0 Å². The Morgan fingerprint density at radius 1 is 1.00 bits per heavy atom. The lowest BCUT2D eigenvalue weighted by molar-refractivity contribution is -0.139. The maximum atomic E-state index is 13.0. The van der Waals surface area contributed by atoms with Crippen molar-refractivity contribution < 1.29 is 13.2 Å². The molecule has 0 radical (unpaired) electrons. The van der Waals surface area contributed by atoms with Crippen molar-refractivity contribution in [3.63, 3.8) is 0 Å². The zero-order chi connectivity index (χ0) is 14.0. The second-order valence-electron chi connectivity index (χ2n) is 3.69. The van der Waals surface area contributed by atoms with Crippen LogP contribution in [0.1, 0.15) is 5.56 Å². The molecule has 0 N–H and O–H groups in total. The largest absolute Gasteiger partial charge is 0.417 e. The molecule has 2 aromatic rings. The van der Waals surface area contributed by atoms with Crippen LogP contribution >= 0.6 is 46.0 Å². The Kier molecular flexibility index (Phi) is 4.68. The lowest BCUT2D eigenvalue weighted by atomic mass is 10.2. The summed E-state index contributed by atoms with van der Waals surface area (Å²) in [7, 11) is 0. The molecule has 0 aliphatic rings. The summed E-state index contributed by atoms with van der Waals surface area (Å²) in [6, 6.07) is 11.0. The monoisotopic (exact) mass is 414 g/mol. The average Bonchev–Trinajstić information content (AvgIpc) is 2.33. The maximum Gasteiger partial charge on any atom is 0.417 e. The Bertz CT molecular complexity index is 581. The average molecular weight is 415 g/mol. The third-order valence-electron chi connectivity index (χ3n) is 2.29. The molecule has 19 heavy (non-hydrogen) atoms. The van der Waals surface area contributed by atoms with Gasteiger partial charge in [-0.1, -0.05) is 23.4 Å². The van der Waals surface area contributed by atoms with Gasteiger partial charge in [-0.25, -0.2) is 0 Å². The van der Waals surface area contributed by atoms with E-state index in [0.29, 0.717) is 8.59 Å². The summed E-state index contributed by atoms with van der Waals surface area (Å²) >= 11 is 8.70. The maximum absolute atomic E-state index is 13.0. The minimum atomic E-state index is -4.35. The van der Waals surface area contributed by atoms with E-state index in [1.54, 1.807) is 30.3 Å². The predicted octanol–water partition coefficient (Wildman–Crippen LogP) is 6.11. The lowest BCUT2D eigenvalue weighted by Crippen LogP contribution is -2.07. The predicted molar refractivity (Wildman–Crippen MR) is 79.7 cm³/mol. The van der Waals surface area contributed by atoms with Crippen LogP contribution in [0.15, 0.2) is 52.3 Å². The molecule has 0 saturated carbocycles. The van der Waals surface area contributed by atoms with E-state index in [1.807, 2.05) is 22.6 Å². The normalized spacial score (nSPS) is 11.6. The molecule has 0 spiro atoms. The number of halogens is 5. The highest BCUT2D eigenvalue weighted by molar-refractivity contribution is 14.1. The van der Waals surface area contributed by atoms with Crippen LogP contribution in [0.3, 0.4) is 0 Å². The van der Waals surface area contributed by atoms with Crippen LogP contribution in [0.5, 0.6) is 0 Å². The molecular formula is C13H7ClF3IS. The van der Waals surface area contributed by atoms with Crippen LogP contribution in [0, 0.1) is 3.57 Å². The molecule has 0 nitrogen and oxygen atoms in total. The van der Waals surface area contributed by atoms with Gasteiger partial charge in [-0.15, -0.1) is 0 Å². The molecule has 100 valence electrons. The fraction of sp³-hybridized carbons (Fsp3) is 0.0769. The van der Waals surface area contributed by atoms with Gasteiger partial charge >= 0.3 is 6.18 Å². The zero-order valence-corrected chi connectivity index (χ0v) is 13.1. The van der Waals surface area contributed by atoms with E-state index in [-0.39, 0.29) is 4.90 Å². The highest BCUT2D eigenvalue weighted by Gasteiger charge is 2.33. The van der Waals surface area contributed by atoms with Crippen molar-refractivity contribution in [3.05, 3.63) is 56.6 Å². The Labute approximate surface area is 131 Å². The fourth-order valence-electron chi connectivity index (χ4n) is 1.44. The summed E-state index contributed by atoms with van der Waals surface area (Å²) in [6.45, 7) is 0. The summed E-state index contributed by atoms with van der Waals surface area (Å²) in [4.78, 5) is 0.909. The molecule has 2 aromatic carbocycles. The van der Waals surface area contributed by atoms with Crippen molar-refractivity contribution >= 4 is 46.0 Å². The molecule has 0 bridgehead atoms. The number of alkyl halides is 3. The van der Waals surface area contributed by atoms with E-state index < -0.39 is 11.7 Å². The molecule has 0 heterocycles. The van der Waals surface area contributed by atoms with Crippen molar-refractivity contribution in [3.8, 4) is 0 Å². The molecule has 2 rings (SSSR count). The van der Waals surface area contributed by atoms with Crippen molar-refractivity contribution in [1.29, 1.82) is 0 Å². The van der Waals surface area contributed by atoms with Gasteiger partial charge in [-0.3, -0.25) is 0 Å². The fourth-order valence-corrected chi connectivity index (χ4v) is 3.01. The Morgan fingerprint density at radius 2 is 1.63 bits per heavy atom. The third-order valence-corrected chi connectivity index (χ3v) is 4.30. The minimum Gasteiger partial charge on any atom is -0.166 e. The van der Waals surface area contributed by atoms with Crippen molar-refractivity contribution in [2.45, 2.75) is 16.0 Å². The highest BCUT2D eigenvalue weighted by atomic mass is 127. The highest BCUT2D eigenvalue weighted by Crippen LogP contribution is 2.40. The van der Waals surface area contributed by atoms with E-state index in [2.05, 4.69) is 0 Å². The summed E-state index contributed by atoms with van der Waals surface area (Å²) in [5, 5.41) is 0.558. The topological polar surface area (TPSA) is 0 Å².